The van der Waals surface area contributed by atoms with Crippen molar-refractivity contribution in [2.24, 2.45) is 5.73 Å². The standard InChI is InChI=1S/C25H26N4O7/c1-14-3-6-19-18(7-14)29(23(33)20(36-19)9-22(32)35-2)12-21(31)27-17-5-4-15-10-25(13-30,28-24(26)34)11-16(15)8-17/h3-8,13,20H,9-12H2,1-2H3,(H,27,31)(H3,26,28,34). The van der Waals surface area contributed by atoms with Crippen LogP contribution in [0.5, 0.6) is 5.75 Å². The highest BCUT2D eigenvalue weighted by molar-refractivity contribution is 6.07. The van der Waals surface area contributed by atoms with Crippen molar-refractivity contribution in [1.82, 2.24) is 5.32 Å². The number of nitrogens with one attached hydrogen (secondary N) is 2. The van der Waals surface area contributed by atoms with Crippen LogP contribution in [0, 0.1) is 6.92 Å². The van der Waals surface area contributed by atoms with E-state index in [9.17, 15) is 24.0 Å². The molecule has 11 heteroatoms. The number of amides is 4. The topological polar surface area (TPSA) is 157 Å². The fourth-order valence-electron chi connectivity index (χ4n) is 4.53. The molecule has 0 spiro atoms. The van der Waals surface area contributed by atoms with E-state index in [4.69, 9.17) is 10.5 Å². The number of esters is 1. The first-order chi connectivity index (χ1) is 17.1. The summed E-state index contributed by atoms with van der Waals surface area (Å²) in [6.45, 7) is 1.54. The molecule has 0 aromatic heterocycles. The first-order valence-corrected chi connectivity index (χ1v) is 11.2. The number of urea groups is 1. The predicted molar refractivity (Wildman–Crippen MR) is 129 cm³/mol. The van der Waals surface area contributed by atoms with E-state index in [1.54, 1.807) is 36.4 Å². The number of rotatable bonds is 7. The lowest BCUT2D eigenvalue weighted by atomic mass is 9.98. The molecular weight excluding hydrogens is 468 g/mol. The zero-order valence-electron chi connectivity index (χ0n) is 19.8. The van der Waals surface area contributed by atoms with Crippen molar-refractivity contribution in [3.05, 3.63) is 53.1 Å². The number of hydrogen-bond acceptors (Lipinski definition) is 7. The molecule has 0 bridgehead atoms. The molecule has 1 aliphatic carbocycles. The van der Waals surface area contributed by atoms with E-state index in [0.29, 0.717) is 29.8 Å². The van der Waals surface area contributed by atoms with Crippen molar-refractivity contribution < 1.29 is 33.4 Å². The van der Waals surface area contributed by atoms with Crippen LogP contribution in [-0.2, 0) is 36.8 Å². The van der Waals surface area contributed by atoms with Crippen molar-refractivity contribution >= 4 is 41.5 Å². The summed E-state index contributed by atoms with van der Waals surface area (Å²) >= 11 is 0. The minimum atomic E-state index is -1.12. The zero-order chi connectivity index (χ0) is 26.0. The number of nitrogens with zero attached hydrogens (tertiary/aromatic N) is 1. The highest BCUT2D eigenvalue weighted by Gasteiger charge is 2.39. The maximum Gasteiger partial charge on any atom is 0.312 e. The molecule has 11 nitrogen and oxygen atoms in total. The van der Waals surface area contributed by atoms with Crippen molar-refractivity contribution in [1.29, 1.82) is 0 Å². The van der Waals surface area contributed by atoms with Gasteiger partial charge in [0.25, 0.3) is 5.91 Å². The fraction of sp³-hybridized carbons (Fsp3) is 0.320. The molecule has 2 aromatic rings. The molecular formula is C25H26N4O7. The van der Waals surface area contributed by atoms with Crippen LogP contribution in [0.25, 0.3) is 0 Å². The molecule has 2 aromatic carbocycles. The third-order valence-electron chi connectivity index (χ3n) is 6.20. The Morgan fingerprint density at radius 1 is 1.19 bits per heavy atom. The molecule has 1 aliphatic heterocycles. The van der Waals surface area contributed by atoms with Gasteiger partial charge in [-0.1, -0.05) is 12.1 Å². The monoisotopic (exact) mass is 494 g/mol. The molecule has 4 N–H and O–H groups in total. The van der Waals surface area contributed by atoms with Gasteiger partial charge in [0.05, 0.1) is 19.2 Å². The molecule has 188 valence electrons. The number of ether oxygens (including phenoxy) is 2. The number of primary amides is 1. The van der Waals surface area contributed by atoms with E-state index in [-0.39, 0.29) is 19.4 Å². The maximum absolute atomic E-state index is 13.1. The Hall–Kier alpha value is -4.41. The second kappa shape index (κ2) is 9.68. The van der Waals surface area contributed by atoms with Gasteiger partial charge in [-0.05, 0) is 47.9 Å². The van der Waals surface area contributed by atoms with E-state index in [1.165, 1.54) is 12.0 Å². The van der Waals surface area contributed by atoms with Crippen molar-refractivity contribution in [2.45, 2.75) is 37.8 Å². The molecule has 4 amide bonds. The van der Waals surface area contributed by atoms with Crippen LogP contribution in [0.2, 0.25) is 0 Å². The summed E-state index contributed by atoms with van der Waals surface area (Å²) in [6.07, 6.45) is -0.200. The molecule has 2 unspecified atom stereocenters. The van der Waals surface area contributed by atoms with Gasteiger partial charge in [0.1, 0.15) is 24.1 Å². The van der Waals surface area contributed by atoms with E-state index in [2.05, 4.69) is 15.4 Å². The lowest BCUT2D eigenvalue weighted by molar-refractivity contribution is -0.145. The summed E-state index contributed by atoms with van der Waals surface area (Å²) in [5.41, 5.74) is 7.50. The summed E-state index contributed by atoms with van der Waals surface area (Å²) in [6, 6.07) is 9.60. The van der Waals surface area contributed by atoms with Crippen LogP contribution < -0.4 is 26.0 Å². The lowest BCUT2D eigenvalue weighted by Crippen LogP contribution is -2.52. The fourth-order valence-corrected chi connectivity index (χ4v) is 4.53. The molecule has 4 rings (SSSR count). The summed E-state index contributed by atoms with van der Waals surface area (Å²) in [4.78, 5) is 62.2. The maximum atomic E-state index is 13.1. The predicted octanol–water partition coefficient (Wildman–Crippen LogP) is 0.995. The Morgan fingerprint density at radius 2 is 1.94 bits per heavy atom. The lowest BCUT2D eigenvalue weighted by Gasteiger charge is -2.33. The quantitative estimate of drug-likeness (QED) is 0.383. The summed E-state index contributed by atoms with van der Waals surface area (Å²) in [5.74, 6) is -1.23. The van der Waals surface area contributed by atoms with Crippen LogP contribution in [0.1, 0.15) is 23.1 Å². The Labute approximate surface area is 206 Å². The summed E-state index contributed by atoms with van der Waals surface area (Å²) < 4.78 is 10.4. The van der Waals surface area contributed by atoms with Gasteiger partial charge in [0.2, 0.25) is 5.91 Å². The number of nitrogens with two attached hydrogens (primary N) is 1. The molecule has 0 radical (unpaired) electrons. The van der Waals surface area contributed by atoms with Crippen molar-refractivity contribution in [3.8, 4) is 5.75 Å². The second-order valence-corrected chi connectivity index (χ2v) is 8.93. The number of hydrogen-bond donors (Lipinski definition) is 3. The number of aryl methyl sites for hydroxylation is 1. The molecule has 0 fully saturated rings. The van der Waals surface area contributed by atoms with Crippen LogP contribution in [0.3, 0.4) is 0 Å². The van der Waals surface area contributed by atoms with E-state index < -0.39 is 35.5 Å². The van der Waals surface area contributed by atoms with E-state index in [0.717, 1.165) is 16.7 Å². The minimum Gasteiger partial charge on any atom is -0.478 e. The zero-order valence-corrected chi connectivity index (χ0v) is 19.8. The van der Waals surface area contributed by atoms with Crippen LogP contribution >= 0.6 is 0 Å². The number of carbonyl (C=O) groups is 5. The molecule has 36 heavy (non-hydrogen) atoms. The average Bonchev–Trinajstić information content (AvgIpc) is 3.19. The summed E-state index contributed by atoms with van der Waals surface area (Å²) in [5, 5.41) is 5.27. The Kier molecular flexibility index (Phi) is 6.65. The summed E-state index contributed by atoms with van der Waals surface area (Å²) in [7, 11) is 1.22. The average molecular weight is 495 g/mol. The number of methoxy groups -OCH3 is 1. The SMILES string of the molecule is COC(=O)CC1Oc2ccc(C)cc2N(CC(=O)Nc2ccc3c(c2)CC(C=O)(NC(N)=O)C3)C1=O. The number of carbonyl (C=O) groups excluding carboxylic acids is 5. The number of aldehydes is 1. The second-order valence-electron chi connectivity index (χ2n) is 8.93. The van der Waals surface area contributed by atoms with Gasteiger partial charge < -0.3 is 30.6 Å². The molecule has 0 saturated carbocycles. The van der Waals surface area contributed by atoms with Gasteiger partial charge in [-0.3, -0.25) is 19.3 Å². The Morgan fingerprint density at radius 3 is 2.64 bits per heavy atom. The Bertz CT molecular complexity index is 1260. The Balaban J connectivity index is 1.51. The van der Waals surface area contributed by atoms with Crippen LogP contribution in [0.4, 0.5) is 16.2 Å². The van der Waals surface area contributed by atoms with Gasteiger partial charge in [-0.25, -0.2) is 4.79 Å². The first-order valence-electron chi connectivity index (χ1n) is 11.2. The molecule has 1 heterocycles. The van der Waals surface area contributed by atoms with Gasteiger partial charge in [-0.2, -0.15) is 0 Å². The van der Waals surface area contributed by atoms with Gasteiger partial charge in [0.15, 0.2) is 6.10 Å². The number of fused-ring (bicyclic) bond motifs is 2. The van der Waals surface area contributed by atoms with E-state index in [1.807, 2.05) is 6.92 Å². The van der Waals surface area contributed by atoms with Crippen molar-refractivity contribution in [2.75, 3.05) is 23.9 Å². The van der Waals surface area contributed by atoms with E-state index >= 15 is 0 Å². The van der Waals surface area contributed by atoms with Gasteiger partial charge in [-0.15, -0.1) is 0 Å². The van der Waals surface area contributed by atoms with Crippen LogP contribution in [-0.4, -0.2) is 55.4 Å². The highest BCUT2D eigenvalue weighted by Crippen LogP contribution is 2.36. The third-order valence-corrected chi connectivity index (χ3v) is 6.20. The van der Waals surface area contributed by atoms with Crippen LogP contribution in [0.15, 0.2) is 36.4 Å². The van der Waals surface area contributed by atoms with Gasteiger partial charge >= 0.3 is 12.0 Å². The number of anilines is 2. The minimum absolute atomic E-state index is 0.238. The first kappa shape index (κ1) is 24.7. The largest absolute Gasteiger partial charge is 0.478 e. The molecule has 2 aliphatic rings. The van der Waals surface area contributed by atoms with Gasteiger partial charge in [0, 0.05) is 18.5 Å². The molecule has 2 atom stereocenters. The van der Waals surface area contributed by atoms with Crippen molar-refractivity contribution in [3.63, 3.8) is 0 Å². The number of benzene rings is 2. The smallest absolute Gasteiger partial charge is 0.312 e. The normalized spacial score (nSPS) is 20.0. The highest BCUT2D eigenvalue weighted by atomic mass is 16.5. The molecule has 0 saturated heterocycles. The third kappa shape index (κ3) is 4.99.